The Balaban J connectivity index is 2.09. The fourth-order valence-electron chi connectivity index (χ4n) is 1.39. The van der Waals surface area contributed by atoms with Crippen LogP contribution in [0.2, 0.25) is 5.02 Å². The average molecular weight is 341 g/mol. The van der Waals surface area contributed by atoms with Gasteiger partial charge in [-0.3, -0.25) is 0 Å². The Labute approximate surface area is 136 Å². The molecule has 116 valence electrons. The van der Waals surface area contributed by atoms with Crippen molar-refractivity contribution in [3.05, 3.63) is 41.2 Å². The molecule has 2 aromatic rings. The lowest BCUT2D eigenvalue weighted by molar-refractivity contribution is 0.181. The summed E-state index contributed by atoms with van der Waals surface area (Å²) in [6, 6.07) is 5.57. The molecule has 1 aromatic carbocycles. The summed E-state index contributed by atoms with van der Waals surface area (Å²) in [5.41, 5.74) is 1.58. The van der Waals surface area contributed by atoms with Gasteiger partial charge in [0.05, 0.1) is 29.6 Å². The fourth-order valence-corrected chi connectivity index (χ4v) is 1.93. The molecule has 9 heteroatoms. The van der Waals surface area contributed by atoms with Crippen LogP contribution in [0.15, 0.2) is 30.6 Å². The Morgan fingerprint density at radius 1 is 1.41 bits per heavy atom. The number of nitrogens with one attached hydrogen (secondary N) is 1. The second kappa shape index (κ2) is 7.19. The summed E-state index contributed by atoms with van der Waals surface area (Å²) in [6.07, 6.45) is 1.84. The van der Waals surface area contributed by atoms with E-state index in [1.165, 1.54) is 19.4 Å². The van der Waals surface area contributed by atoms with Crippen LogP contribution in [0.3, 0.4) is 0 Å². The van der Waals surface area contributed by atoms with Gasteiger partial charge >= 0.3 is 12.1 Å². The third kappa shape index (κ3) is 4.40. The highest BCUT2D eigenvalue weighted by Crippen LogP contribution is 2.27. The first-order valence-corrected chi connectivity index (χ1v) is 7.26. The number of hydrogen-bond donors (Lipinski definition) is 2. The molecule has 1 aromatic heterocycles. The zero-order chi connectivity index (χ0) is 16.1. The number of halogens is 1. The Bertz CT molecular complexity index is 669. The Kier molecular flexibility index (Phi) is 5.29. The third-order valence-corrected chi connectivity index (χ3v) is 3.51. The van der Waals surface area contributed by atoms with Crippen molar-refractivity contribution >= 4 is 35.5 Å². The molecule has 0 radical (unpaired) electrons. The number of carbonyl (C=O) groups is 1. The van der Waals surface area contributed by atoms with Crippen LogP contribution in [-0.4, -0.2) is 32.5 Å². The Hall–Kier alpha value is -2.19. The number of rotatable bonds is 5. The van der Waals surface area contributed by atoms with Gasteiger partial charge in [0.25, 0.3) is 0 Å². The van der Waals surface area contributed by atoms with Gasteiger partial charge in [0.15, 0.2) is 0 Å². The van der Waals surface area contributed by atoms with E-state index >= 15 is 0 Å². The van der Waals surface area contributed by atoms with Gasteiger partial charge in [-0.05, 0) is 18.6 Å². The van der Waals surface area contributed by atoms with E-state index in [1.807, 2.05) is 19.1 Å². The highest BCUT2D eigenvalue weighted by Gasteiger charge is 2.08. The van der Waals surface area contributed by atoms with Crippen molar-refractivity contribution in [3.8, 4) is 11.8 Å². The smallest absolute Gasteiger partial charge is 0.418 e. The molecule has 0 atom stereocenters. The predicted molar refractivity (Wildman–Crippen MR) is 85.3 cm³/mol. The number of aromatic nitrogens is 2. The lowest BCUT2D eigenvalue weighted by Crippen LogP contribution is -2.18. The highest BCUT2D eigenvalue weighted by atomic mass is 35.5. The van der Waals surface area contributed by atoms with E-state index in [-0.39, 0.29) is 6.01 Å². The summed E-state index contributed by atoms with van der Waals surface area (Å²) in [5, 5.41) is 9.21. The van der Waals surface area contributed by atoms with Crippen LogP contribution >= 0.6 is 23.7 Å². The first-order chi connectivity index (χ1) is 10.5. The van der Waals surface area contributed by atoms with Crippen molar-refractivity contribution in [1.29, 1.82) is 0 Å². The molecule has 0 spiro atoms. The molecular weight excluding hydrogens is 328 g/mol. The van der Waals surface area contributed by atoms with Gasteiger partial charge in [0.2, 0.25) is 0 Å². The van der Waals surface area contributed by atoms with Crippen LogP contribution in [0.25, 0.3) is 0 Å². The Morgan fingerprint density at radius 3 is 2.73 bits per heavy atom. The molecule has 7 nitrogen and oxygen atoms in total. The number of ether oxygens (including phenoxy) is 1. The molecule has 1 amide bonds. The van der Waals surface area contributed by atoms with E-state index < -0.39 is 6.09 Å². The molecular formula is C13H13ClN4O3S. The van der Waals surface area contributed by atoms with E-state index in [9.17, 15) is 4.79 Å². The number of aryl methyl sites for hydroxylation is 1. The van der Waals surface area contributed by atoms with Crippen LogP contribution in [0, 0.1) is 6.92 Å². The maximum atomic E-state index is 10.7. The van der Waals surface area contributed by atoms with E-state index in [4.69, 9.17) is 21.4 Å². The molecule has 0 aliphatic heterocycles. The first kappa shape index (κ1) is 16.2. The van der Waals surface area contributed by atoms with Crippen LogP contribution in [0.1, 0.15) is 5.56 Å². The molecule has 0 saturated heterocycles. The van der Waals surface area contributed by atoms with Gasteiger partial charge in [0, 0.05) is 18.8 Å². The van der Waals surface area contributed by atoms with Gasteiger partial charge in [-0.25, -0.2) is 19.1 Å². The fraction of sp³-hybridized carbons (Fsp3) is 0.154. The van der Waals surface area contributed by atoms with Crippen molar-refractivity contribution in [3.63, 3.8) is 0 Å². The van der Waals surface area contributed by atoms with E-state index in [2.05, 4.69) is 14.7 Å². The summed E-state index contributed by atoms with van der Waals surface area (Å²) in [5.74, 6) is 0.561. The van der Waals surface area contributed by atoms with Gasteiger partial charge in [0.1, 0.15) is 5.75 Å². The number of carboxylic acid groups (broad SMARTS) is 1. The van der Waals surface area contributed by atoms with Crippen molar-refractivity contribution < 1.29 is 14.6 Å². The molecule has 0 bridgehead atoms. The van der Waals surface area contributed by atoms with Crippen LogP contribution in [0.5, 0.6) is 11.8 Å². The average Bonchev–Trinajstić information content (AvgIpc) is 2.49. The van der Waals surface area contributed by atoms with Crippen molar-refractivity contribution in [2.24, 2.45) is 0 Å². The molecule has 1 heterocycles. The maximum absolute atomic E-state index is 10.7. The minimum absolute atomic E-state index is 0.181. The van der Waals surface area contributed by atoms with Gasteiger partial charge in [-0.1, -0.05) is 17.7 Å². The number of anilines is 1. The lowest BCUT2D eigenvalue weighted by atomic mass is 10.2. The zero-order valence-electron chi connectivity index (χ0n) is 11.8. The number of amides is 1. The van der Waals surface area contributed by atoms with E-state index in [0.717, 1.165) is 22.0 Å². The largest absolute Gasteiger partial charge is 0.464 e. The highest BCUT2D eigenvalue weighted by molar-refractivity contribution is 7.98. The number of benzene rings is 1. The number of hydrogen-bond acceptors (Lipinski definition) is 6. The predicted octanol–water partition coefficient (Wildman–Crippen LogP) is 3.82. The molecule has 0 saturated carbocycles. The second-order valence-electron chi connectivity index (χ2n) is 4.24. The van der Waals surface area contributed by atoms with Crippen molar-refractivity contribution in [1.82, 2.24) is 14.3 Å². The van der Waals surface area contributed by atoms with E-state index in [0.29, 0.717) is 16.5 Å². The molecule has 2 rings (SSSR count). The lowest BCUT2D eigenvalue weighted by Gasteiger charge is -2.14. The first-order valence-electron chi connectivity index (χ1n) is 6.11. The summed E-state index contributed by atoms with van der Waals surface area (Å²) < 4.78 is 9.55. The van der Waals surface area contributed by atoms with Crippen LogP contribution < -0.4 is 9.46 Å². The van der Waals surface area contributed by atoms with Gasteiger partial charge < -0.3 is 14.6 Å². The topological polar surface area (TPSA) is 87.6 Å². The third-order valence-electron chi connectivity index (χ3n) is 2.56. The SMILES string of the molecule is Cc1ccc(NSN(C)C(=O)O)cc1Oc1ncc(Cl)cn1. The van der Waals surface area contributed by atoms with Crippen molar-refractivity contribution in [2.45, 2.75) is 6.92 Å². The normalized spacial score (nSPS) is 10.1. The molecule has 0 fully saturated rings. The summed E-state index contributed by atoms with van der Waals surface area (Å²) in [6.45, 7) is 1.88. The van der Waals surface area contributed by atoms with Gasteiger partial charge in [-0.2, -0.15) is 0 Å². The zero-order valence-corrected chi connectivity index (χ0v) is 13.4. The standard InChI is InChI=1S/C13H13ClN4O3S/c1-8-3-4-10(17-22-18(2)13(19)20)5-11(8)21-12-15-6-9(14)7-16-12/h3-7,17H,1-2H3,(H,19,20). The molecule has 0 aliphatic rings. The summed E-state index contributed by atoms with van der Waals surface area (Å²) in [7, 11) is 1.44. The molecule has 2 N–H and O–H groups in total. The maximum Gasteiger partial charge on any atom is 0.418 e. The Morgan fingerprint density at radius 2 is 2.09 bits per heavy atom. The minimum Gasteiger partial charge on any atom is -0.464 e. The second-order valence-corrected chi connectivity index (χ2v) is 5.61. The summed E-state index contributed by atoms with van der Waals surface area (Å²) >= 11 is 6.66. The molecule has 0 aliphatic carbocycles. The number of nitrogens with zero attached hydrogens (tertiary/aromatic N) is 3. The van der Waals surface area contributed by atoms with Crippen LogP contribution in [0.4, 0.5) is 10.5 Å². The molecule has 0 unspecified atom stereocenters. The quantitative estimate of drug-likeness (QED) is 0.800. The van der Waals surface area contributed by atoms with E-state index in [1.54, 1.807) is 6.07 Å². The van der Waals surface area contributed by atoms with Crippen molar-refractivity contribution in [2.75, 3.05) is 11.8 Å². The van der Waals surface area contributed by atoms with Crippen LogP contribution in [-0.2, 0) is 0 Å². The molecule has 22 heavy (non-hydrogen) atoms. The monoisotopic (exact) mass is 340 g/mol. The van der Waals surface area contributed by atoms with Gasteiger partial charge in [-0.15, -0.1) is 0 Å². The summed E-state index contributed by atoms with van der Waals surface area (Å²) in [4.78, 5) is 18.7. The minimum atomic E-state index is -1.05.